The van der Waals surface area contributed by atoms with Crippen molar-refractivity contribution in [2.75, 3.05) is 38.7 Å². The maximum Gasteiger partial charge on any atom is 0.258 e. The summed E-state index contributed by atoms with van der Waals surface area (Å²) in [5.41, 5.74) is 0.837. The number of nitrogens with one attached hydrogen (secondary N) is 1. The van der Waals surface area contributed by atoms with Gasteiger partial charge in [0.05, 0.1) is 30.4 Å². The average molecular weight is 664 g/mol. The van der Waals surface area contributed by atoms with Crippen molar-refractivity contribution in [1.29, 1.82) is 0 Å². The van der Waals surface area contributed by atoms with E-state index in [1.807, 2.05) is 13.8 Å². The number of likely N-dealkylation sites (N-methyl/N-ethyl adjacent to an activating group) is 1. The highest BCUT2D eigenvalue weighted by molar-refractivity contribution is 7.91. The van der Waals surface area contributed by atoms with E-state index in [1.54, 1.807) is 54.6 Å². The van der Waals surface area contributed by atoms with E-state index in [4.69, 9.17) is 9.47 Å². The number of nitrogens with zero attached hydrogens (tertiary/aromatic N) is 2. The summed E-state index contributed by atoms with van der Waals surface area (Å²) in [7, 11) is -2.15. The van der Waals surface area contributed by atoms with E-state index in [0.29, 0.717) is 23.6 Å². The van der Waals surface area contributed by atoms with Gasteiger partial charge < -0.3 is 24.8 Å². The fourth-order valence-electron chi connectivity index (χ4n) is 5.99. The Bertz CT molecular complexity index is 1360. The molecule has 4 rings (SSSR count). The Morgan fingerprint density at radius 2 is 1.87 bits per heavy atom. The van der Waals surface area contributed by atoms with Crippen molar-refractivity contribution in [2.45, 2.75) is 94.6 Å². The first-order chi connectivity index (χ1) is 21.5. The highest BCUT2D eigenvalue weighted by Gasteiger charge is 2.33. The van der Waals surface area contributed by atoms with Crippen LogP contribution < -0.4 is 10.1 Å². The third kappa shape index (κ3) is 9.28. The van der Waals surface area contributed by atoms with Gasteiger partial charge in [0.15, 0.2) is 0 Å². The molecule has 1 aliphatic heterocycles. The van der Waals surface area contributed by atoms with Crippen LogP contribution in [0.2, 0.25) is 0 Å². The lowest BCUT2D eigenvalue weighted by Crippen LogP contribution is -2.48. The smallest absolute Gasteiger partial charge is 0.258 e. The van der Waals surface area contributed by atoms with E-state index in [1.165, 1.54) is 15.6 Å². The van der Waals surface area contributed by atoms with Crippen LogP contribution in [0, 0.1) is 11.8 Å². The number of benzene rings is 1. The normalized spacial score (nSPS) is 23.6. The van der Waals surface area contributed by atoms with Crippen LogP contribution in [0.5, 0.6) is 5.75 Å². The monoisotopic (exact) mass is 663 g/mol. The van der Waals surface area contributed by atoms with E-state index in [0.717, 1.165) is 51.4 Å². The molecule has 2 heterocycles. The van der Waals surface area contributed by atoms with Gasteiger partial charge in [-0.25, -0.2) is 8.42 Å². The highest BCUT2D eigenvalue weighted by atomic mass is 32.2. The molecule has 1 aliphatic carbocycles. The molecule has 12 heteroatoms. The van der Waals surface area contributed by atoms with Crippen molar-refractivity contribution in [3.63, 3.8) is 0 Å². The molecule has 2 N–H and O–H groups in total. The fourth-order valence-corrected chi connectivity index (χ4v) is 8.37. The van der Waals surface area contributed by atoms with Crippen LogP contribution in [0.4, 0.5) is 5.69 Å². The van der Waals surface area contributed by atoms with Crippen molar-refractivity contribution in [3.8, 4) is 5.75 Å². The summed E-state index contributed by atoms with van der Waals surface area (Å²) < 4.78 is 40.6. The van der Waals surface area contributed by atoms with Gasteiger partial charge >= 0.3 is 0 Å². The summed E-state index contributed by atoms with van der Waals surface area (Å²) >= 11 is 1.17. The second-order valence-electron chi connectivity index (χ2n) is 12.6. The van der Waals surface area contributed by atoms with Crippen LogP contribution in [0.3, 0.4) is 0 Å². The number of aliphatic hydroxyl groups excluding tert-OH is 1. The van der Waals surface area contributed by atoms with Gasteiger partial charge in [-0.1, -0.05) is 32.3 Å². The quantitative estimate of drug-likeness (QED) is 0.388. The molecule has 2 aliphatic rings. The Morgan fingerprint density at radius 3 is 2.56 bits per heavy atom. The predicted octanol–water partition coefficient (Wildman–Crippen LogP) is 5.38. The molecule has 0 bridgehead atoms. The van der Waals surface area contributed by atoms with Gasteiger partial charge in [-0.05, 0) is 75.6 Å². The molecule has 1 fully saturated rings. The van der Waals surface area contributed by atoms with Gasteiger partial charge in [0.2, 0.25) is 5.91 Å². The minimum absolute atomic E-state index is 0.0342. The third-order valence-corrected chi connectivity index (χ3v) is 12.1. The summed E-state index contributed by atoms with van der Waals surface area (Å²) in [6, 6.07) is 7.96. The molecule has 0 spiro atoms. The van der Waals surface area contributed by atoms with Gasteiger partial charge in [-0.3, -0.25) is 9.59 Å². The average Bonchev–Trinajstić information content (AvgIpc) is 3.59. The van der Waals surface area contributed by atoms with E-state index in [9.17, 15) is 23.1 Å². The lowest BCUT2D eigenvalue weighted by molar-refractivity contribution is -0.120. The van der Waals surface area contributed by atoms with Crippen LogP contribution in [0.25, 0.3) is 0 Å². The van der Waals surface area contributed by atoms with Crippen LogP contribution in [0.1, 0.15) is 82.5 Å². The molecule has 2 aromatic rings. The number of sulfonamides is 1. The number of hydrogen-bond acceptors (Lipinski definition) is 8. The van der Waals surface area contributed by atoms with Crippen molar-refractivity contribution >= 4 is 38.9 Å². The number of carbonyl (C=O) groups is 2. The molecular weight excluding hydrogens is 615 g/mol. The van der Waals surface area contributed by atoms with E-state index in [-0.39, 0.29) is 53.7 Å². The van der Waals surface area contributed by atoms with E-state index in [2.05, 4.69) is 5.32 Å². The molecule has 250 valence electrons. The summed E-state index contributed by atoms with van der Waals surface area (Å²) in [6.45, 7) is 6.18. The number of hydrogen-bond donors (Lipinski definition) is 2. The zero-order valence-electron chi connectivity index (χ0n) is 26.9. The molecule has 10 nitrogen and oxygen atoms in total. The second-order valence-corrected chi connectivity index (χ2v) is 15.8. The minimum Gasteiger partial charge on any atom is -0.490 e. The maximum atomic E-state index is 14.3. The largest absolute Gasteiger partial charge is 0.490 e. The lowest BCUT2D eigenvalue weighted by atomic mass is 9.88. The van der Waals surface area contributed by atoms with Crippen molar-refractivity contribution in [1.82, 2.24) is 9.21 Å². The van der Waals surface area contributed by atoms with Crippen molar-refractivity contribution in [3.05, 3.63) is 41.3 Å². The highest BCUT2D eigenvalue weighted by Crippen LogP contribution is 2.30. The summed E-state index contributed by atoms with van der Waals surface area (Å²) in [5, 5.41) is 14.9. The molecule has 1 aromatic heterocycles. The Balaban J connectivity index is 1.63. The first-order valence-corrected chi connectivity index (χ1v) is 18.5. The summed E-state index contributed by atoms with van der Waals surface area (Å²) in [5.74, 6) is -0.255. The molecule has 1 aromatic carbocycles. The topological polar surface area (TPSA) is 125 Å². The summed E-state index contributed by atoms with van der Waals surface area (Å²) in [6.07, 6.45) is 6.62. The first kappa shape index (κ1) is 35.3. The number of amides is 2. The number of ether oxygens (including phenoxy) is 2. The molecule has 0 saturated heterocycles. The fraction of sp³-hybridized carbons (Fsp3) is 0.636. The van der Waals surface area contributed by atoms with Gasteiger partial charge in [-0.2, -0.15) is 4.31 Å². The number of carbonyl (C=O) groups excluding carboxylic acids is 2. The molecular formula is C33H49N3O7S2. The Kier molecular flexibility index (Phi) is 12.8. The minimum atomic E-state index is -3.69. The summed E-state index contributed by atoms with van der Waals surface area (Å²) in [4.78, 5) is 29.0. The Labute approximate surface area is 272 Å². The Hall–Kier alpha value is -2.51. The zero-order chi connectivity index (χ0) is 32.6. The molecule has 0 unspecified atom stereocenters. The van der Waals surface area contributed by atoms with Crippen molar-refractivity contribution in [2.24, 2.45) is 11.8 Å². The maximum absolute atomic E-state index is 14.3. The van der Waals surface area contributed by atoms with E-state index < -0.39 is 22.2 Å². The van der Waals surface area contributed by atoms with Crippen molar-refractivity contribution < 1.29 is 32.6 Å². The predicted molar refractivity (Wildman–Crippen MR) is 176 cm³/mol. The number of fused-ring (bicyclic) bond motifs is 1. The molecule has 45 heavy (non-hydrogen) atoms. The van der Waals surface area contributed by atoms with Crippen LogP contribution in [-0.2, 0) is 19.6 Å². The van der Waals surface area contributed by atoms with Crippen LogP contribution >= 0.6 is 11.3 Å². The number of anilines is 1. The number of aliphatic hydroxyl groups is 1. The molecule has 2 amide bonds. The van der Waals surface area contributed by atoms with E-state index >= 15 is 0 Å². The van der Waals surface area contributed by atoms with Gasteiger partial charge in [0.1, 0.15) is 9.96 Å². The van der Waals surface area contributed by atoms with Crippen LogP contribution in [0.15, 0.2) is 39.9 Å². The first-order valence-electron chi connectivity index (χ1n) is 16.2. The van der Waals surface area contributed by atoms with Gasteiger partial charge in [-0.15, -0.1) is 11.3 Å². The van der Waals surface area contributed by atoms with Gasteiger partial charge in [0, 0.05) is 44.3 Å². The number of rotatable bonds is 8. The SMILES string of the molecule is C[C@@H]1CN([C@@H](C)CO)C(=O)c2cc(NC(=O)C3CCCCC3)ccc2O[C@@H](C)CCCCO[C@H]1CN(C)S(=O)(=O)c1cccs1. The molecule has 4 atom stereocenters. The zero-order valence-corrected chi connectivity index (χ0v) is 28.6. The molecule has 1 saturated carbocycles. The number of thiophene rings is 1. The van der Waals surface area contributed by atoms with Gasteiger partial charge in [0.25, 0.3) is 15.9 Å². The third-order valence-electron chi connectivity index (χ3n) is 8.89. The Morgan fingerprint density at radius 1 is 1.13 bits per heavy atom. The van der Waals surface area contributed by atoms with Crippen LogP contribution in [-0.4, -0.2) is 86.1 Å². The molecule has 0 radical (unpaired) electrons. The standard InChI is InChI=1S/C33H49N3O7S2/c1-23-20-36(24(2)22-37)33(39)28-19-27(34-32(38)26-12-6-5-7-13-26)15-16-29(28)43-25(3)11-8-9-17-42-30(23)21-35(4)45(40,41)31-14-10-18-44-31/h10,14-16,18-19,23-26,30,37H,5-9,11-13,17,20-22H2,1-4H3,(H,34,38)/t23-,24+,25+,30+/m1/s1. The second kappa shape index (κ2) is 16.4. The lowest BCUT2D eigenvalue weighted by Gasteiger charge is -2.35.